The molecular weight excluding hydrogens is 190 g/mol. The van der Waals surface area contributed by atoms with E-state index in [9.17, 15) is 8.42 Å². The van der Waals surface area contributed by atoms with Gasteiger partial charge in [0.25, 0.3) is 0 Å². The van der Waals surface area contributed by atoms with Crippen molar-refractivity contribution < 1.29 is 8.42 Å². The van der Waals surface area contributed by atoms with Gasteiger partial charge in [-0.2, -0.15) is 0 Å². The fourth-order valence-electron chi connectivity index (χ4n) is 0.949. The molecule has 0 fully saturated rings. The molecule has 0 saturated heterocycles. The number of hydrogen-bond acceptors (Lipinski definition) is 3. The molecule has 0 aliphatic heterocycles. The molecule has 6 heteroatoms. The van der Waals surface area contributed by atoms with Crippen molar-refractivity contribution in [1.82, 2.24) is 9.97 Å². The Morgan fingerprint density at radius 2 is 2.31 bits per heavy atom. The number of anilines is 1. The van der Waals surface area contributed by atoms with Crippen molar-refractivity contribution in [1.29, 1.82) is 0 Å². The van der Waals surface area contributed by atoms with Gasteiger partial charge in [-0.25, -0.2) is 13.4 Å². The molecule has 0 aromatic carbocycles. The summed E-state index contributed by atoms with van der Waals surface area (Å²) in [7, 11) is -3.25. The minimum Gasteiger partial charge on any atom is -0.330 e. The third-order valence-corrected chi connectivity index (χ3v) is 2.91. The maximum Gasteiger partial charge on any atom is 0.235 e. The van der Waals surface area contributed by atoms with Gasteiger partial charge in [-0.15, -0.1) is 0 Å². The third-order valence-electron chi connectivity index (χ3n) is 1.30. The van der Waals surface area contributed by atoms with Crippen molar-refractivity contribution in [2.45, 2.75) is 13.8 Å². The maximum absolute atomic E-state index is 11.3. The number of H-pyrrole nitrogens is 1. The number of nitrogens with zero attached hydrogens (tertiary/aromatic N) is 1. The molecule has 2 N–H and O–H groups in total. The molecule has 1 aromatic rings. The van der Waals surface area contributed by atoms with Crippen LogP contribution < -0.4 is 4.72 Å². The van der Waals surface area contributed by atoms with Gasteiger partial charge in [0, 0.05) is 12.4 Å². The lowest BCUT2D eigenvalue weighted by atomic mass is 10.3. The first-order valence-electron chi connectivity index (χ1n) is 3.99. The summed E-state index contributed by atoms with van der Waals surface area (Å²) in [5.41, 5.74) is 0. The molecule has 74 valence electrons. The number of rotatable bonds is 4. The number of nitrogens with one attached hydrogen (secondary N) is 2. The average Bonchev–Trinajstić information content (AvgIpc) is 2.34. The summed E-state index contributed by atoms with van der Waals surface area (Å²) in [6, 6.07) is 0. The maximum atomic E-state index is 11.3. The fraction of sp³-hybridized carbons (Fsp3) is 0.571. The predicted molar refractivity (Wildman–Crippen MR) is 50.8 cm³/mol. The summed E-state index contributed by atoms with van der Waals surface area (Å²) in [5, 5.41) is 0. The molecule has 0 radical (unpaired) electrons. The van der Waals surface area contributed by atoms with Crippen LogP contribution in [0.4, 0.5) is 5.95 Å². The van der Waals surface area contributed by atoms with E-state index in [-0.39, 0.29) is 17.6 Å². The first kappa shape index (κ1) is 10.0. The minimum atomic E-state index is -3.25. The largest absolute Gasteiger partial charge is 0.330 e. The van der Waals surface area contributed by atoms with Crippen LogP contribution in [0, 0.1) is 5.92 Å². The van der Waals surface area contributed by atoms with E-state index in [1.54, 1.807) is 6.20 Å². The molecule has 0 aliphatic carbocycles. The second kappa shape index (κ2) is 3.78. The van der Waals surface area contributed by atoms with Crippen LogP contribution in [0.5, 0.6) is 0 Å². The lowest BCUT2D eigenvalue weighted by Crippen LogP contribution is -2.20. The van der Waals surface area contributed by atoms with E-state index in [2.05, 4.69) is 14.7 Å². The van der Waals surface area contributed by atoms with Gasteiger partial charge in [0.2, 0.25) is 16.0 Å². The average molecular weight is 203 g/mol. The van der Waals surface area contributed by atoms with Crippen molar-refractivity contribution >= 4 is 16.0 Å². The van der Waals surface area contributed by atoms with Gasteiger partial charge >= 0.3 is 0 Å². The number of hydrogen-bond donors (Lipinski definition) is 2. The van der Waals surface area contributed by atoms with Crippen molar-refractivity contribution in [2.75, 3.05) is 10.5 Å². The number of sulfonamides is 1. The molecular formula is C7H13N3O2S. The van der Waals surface area contributed by atoms with Gasteiger partial charge in [0.1, 0.15) is 0 Å². The Balaban J connectivity index is 2.63. The van der Waals surface area contributed by atoms with Gasteiger partial charge < -0.3 is 4.98 Å². The normalized spacial score (nSPS) is 11.9. The van der Waals surface area contributed by atoms with Gasteiger partial charge in [-0.1, -0.05) is 13.8 Å². The van der Waals surface area contributed by atoms with Crippen LogP contribution in [0.15, 0.2) is 12.4 Å². The van der Waals surface area contributed by atoms with Crippen molar-refractivity contribution in [3.05, 3.63) is 12.4 Å². The summed E-state index contributed by atoms with van der Waals surface area (Å²) in [6.45, 7) is 3.70. The standard InChI is InChI=1S/C7H13N3O2S/c1-6(2)5-13(11,12)10-7-8-3-4-9-7/h3-4,6H,5H2,1-2H3,(H2,8,9,10). The monoisotopic (exact) mass is 203 g/mol. The molecule has 1 heterocycles. The topological polar surface area (TPSA) is 74.8 Å². The highest BCUT2D eigenvalue weighted by Crippen LogP contribution is 2.04. The molecule has 13 heavy (non-hydrogen) atoms. The van der Waals surface area contributed by atoms with E-state index in [0.29, 0.717) is 0 Å². The Morgan fingerprint density at radius 1 is 1.62 bits per heavy atom. The second-order valence-corrected chi connectivity index (χ2v) is 4.98. The summed E-state index contributed by atoms with van der Waals surface area (Å²) in [6.07, 6.45) is 3.06. The van der Waals surface area contributed by atoms with Crippen molar-refractivity contribution in [2.24, 2.45) is 5.92 Å². The van der Waals surface area contributed by atoms with Crippen LogP contribution in [0.1, 0.15) is 13.8 Å². The van der Waals surface area contributed by atoms with E-state index < -0.39 is 10.0 Å². The quantitative estimate of drug-likeness (QED) is 0.760. The lowest BCUT2D eigenvalue weighted by molar-refractivity contribution is 0.587. The number of imidazole rings is 1. The van der Waals surface area contributed by atoms with Crippen LogP contribution in [0.25, 0.3) is 0 Å². The number of aromatic nitrogens is 2. The van der Waals surface area contributed by atoms with Crippen LogP contribution in [0.3, 0.4) is 0 Å². The van der Waals surface area contributed by atoms with Crippen LogP contribution >= 0.6 is 0 Å². The van der Waals surface area contributed by atoms with Crippen molar-refractivity contribution in [3.8, 4) is 0 Å². The van der Waals surface area contributed by atoms with E-state index in [4.69, 9.17) is 0 Å². The molecule has 0 saturated carbocycles. The first-order valence-corrected chi connectivity index (χ1v) is 5.65. The van der Waals surface area contributed by atoms with Crippen LogP contribution in [-0.2, 0) is 10.0 Å². The first-order chi connectivity index (χ1) is 5.99. The van der Waals surface area contributed by atoms with Gasteiger partial charge in [0.05, 0.1) is 5.75 Å². The highest BCUT2D eigenvalue weighted by atomic mass is 32.2. The summed E-state index contributed by atoms with van der Waals surface area (Å²) < 4.78 is 25.0. The molecule has 0 spiro atoms. The van der Waals surface area contributed by atoms with Crippen molar-refractivity contribution in [3.63, 3.8) is 0 Å². The Bertz CT molecular complexity index is 342. The lowest BCUT2D eigenvalue weighted by Gasteiger charge is -2.06. The van der Waals surface area contributed by atoms with Gasteiger partial charge in [0.15, 0.2) is 0 Å². The SMILES string of the molecule is CC(C)CS(=O)(=O)Nc1ncc[nH]1. The number of aromatic amines is 1. The zero-order chi connectivity index (χ0) is 9.90. The van der Waals surface area contributed by atoms with Gasteiger partial charge in [-0.3, -0.25) is 4.72 Å². The highest BCUT2D eigenvalue weighted by molar-refractivity contribution is 7.92. The molecule has 1 rings (SSSR count). The highest BCUT2D eigenvalue weighted by Gasteiger charge is 2.13. The zero-order valence-electron chi connectivity index (χ0n) is 7.61. The molecule has 0 aliphatic rings. The smallest absolute Gasteiger partial charge is 0.235 e. The van der Waals surface area contributed by atoms with Crippen LogP contribution in [-0.4, -0.2) is 24.1 Å². The second-order valence-electron chi connectivity index (χ2n) is 3.22. The van der Waals surface area contributed by atoms with Gasteiger partial charge in [-0.05, 0) is 5.92 Å². The molecule has 0 unspecified atom stereocenters. The third kappa shape index (κ3) is 3.45. The minimum absolute atomic E-state index is 0.104. The molecule has 5 nitrogen and oxygen atoms in total. The Hall–Kier alpha value is -1.04. The summed E-state index contributed by atoms with van der Waals surface area (Å²) in [4.78, 5) is 6.43. The van der Waals surface area contributed by atoms with E-state index in [1.807, 2.05) is 13.8 Å². The summed E-state index contributed by atoms with van der Waals surface area (Å²) in [5.74, 6) is 0.473. The zero-order valence-corrected chi connectivity index (χ0v) is 8.43. The predicted octanol–water partition coefficient (Wildman–Crippen LogP) is 0.807. The van der Waals surface area contributed by atoms with Crippen LogP contribution in [0.2, 0.25) is 0 Å². The Morgan fingerprint density at radius 3 is 2.77 bits per heavy atom. The fourth-order valence-corrected chi connectivity index (χ4v) is 2.32. The Labute approximate surface area is 77.6 Å². The molecule has 0 bridgehead atoms. The molecule has 0 amide bonds. The van der Waals surface area contributed by atoms with E-state index in [1.165, 1.54) is 6.20 Å². The summed E-state index contributed by atoms with van der Waals surface area (Å²) >= 11 is 0. The molecule has 0 atom stereocenters. The Kier molecular flexibility index (Phi) is 2.92. The van der Waals surface area contributed by atoms with E-state index in [0.717, 1.165) is 0 Å². The molecule has 1 aromatic heterocycles. The van der Waals surface area contributed by atoms with E-state index >= 15 is 0 Å².